The Morgan fingerprint density at radius 1 is 1.33 bits per heavy atom. The lowest BCUT2D eigenvalue weighted by Crippen LogP contribution is -2.50. The van der Waals surface area contributed by atoms with Gasteiger partial charge in [0.1, 0.15) is 17.4 Å². The Morgan fingerprint density at radius 3 is 2.81 bits per heavy atom. The minimum atomic E-state index is -0.718. The normalized spacial score (nSPS) is 24.7. The SMILES string of the molecule is Cn1ccnc1C1CNCCN1C(=O)CCN1C(=O)NC2(CCCC2)C1=O. The standard InChI is InChI=1S/C18H26N6O3/c1-22-10-8-20-15(22)13-12-19-7-11-23(13)14(25)4-9-24-16(26)18(21-17(24)27)5-2-3-6-18/h8,10,13,19H,2-7,9,11-12H2,1H3,(H,21,27). The molecule has 0 aromatic carbocycles. The first-order valence-electron chi connectivity index (χ1n) is 9.63. The summed E-state index contributed by atoms with van der Waals surface area (Å²) in [7, 11) is 1.91. The van der Waals surface area contributed by atoms with Crippen LogP contribution in [0, 0.1) is 0 Å². The quantitative estimate of drug-likeness (QED) is 0.731. The van der Waals surface area contributed by atoms with E-state index in [2.05, 4.69) is 15.6 Å². The fourth-order valence-corrected chi connectivity index (χ4v) is 4.48. The second-order valence-electron chi connectivity index (χ2n) is 7.63. The van der Waals surface area contributed by atoms with E-state index < -0.39 is 5.54 Å². The molecule has 1 spiro atoms. The maximum atomic E-state index is 12.9. The first kappa shape index (κ1) is 18.0. The van der Waals surface area contributed by atoms with Crippen molar-refractivity contribution in [2.75, 3.05) is 26.2 Å². The maximum absolute atomic E-state index is 12.9. The third-order valence-electron chi connectivity index (χ3n) is 5.97. The van der Waals surface area contributed by atoms with E-state index >= 15 is 0 Å². The Kier molecular flexibility index (Phi) is 4.63. The first-order chi connectivity index (χ1) is 13.0. The number of carbonyl (C=O) groups is 3. The smallest absolute Gasteiger partial charge is 0.325 e. The van der Waals surface area contributed by atoms with Gasteiger partial charge in [0.25, 0.3) is 5.91 Å². The molecule has 0 bridgehead atoms. The van der Waals surface area contributed by atoms with Gasteiger partial charge in [-0.2, -0.15) is 0 Å². The Labute approximate surface area is 158 Å². The molecule has 1 unspecified atom stereocenters. The topological polar surface area (TPSA) is 99.6 Å². The summed E-state index contributed by atoms with van der Waals surface area (Å²) in [6.07, 6.45) is 7.01. The van der Waals surface area contributed by atoms with Crippen LogP contribution in [0.4, 0.5) is 4.79 Å². The molecule has 4 rings (SSSR count). The molecule has 0 radical (unpaired) electrons. The van der Waals surface area contributed by atoms with E-state index in [0.717, 1.165) is 25.2 Å². The van der Waals surface area contributed by atoms with Gasteiger partial charge < -0.3 is 20.1 Å². The van der Waals surface area contributed by atoms with Gasteiger partial charge in [0.2, 0.25) is 5.91 Å². The van der Waals surface area contributed by atoms with Gasteiger partial charge in [0.15, 0.2) is 0 Å². The van der Waals surface area contributed by atoms with Crippen molar-refractivity contribution in [2.45, 2.75) is 43.7 Å². The molecule has 9 heteroatoms. The van der Waals surface area contributed by atoms with E-state index in [1.807, 2.05) is 22.7 Å². The number of urea groups is 1. The summed E-state index contributed by atoms with van der Waals surface area (Å²) < 4.78 is 1.92. The molecule has 27 heavy (non-hydrogen) atoms. The van der Waals surface area contributed by atoms with E-state index in [9.17, 15) is 14.4 Å². The van der Waals surface area contributed by atoms with E-state index in [4.69, 9.17) is 0 Å². The highest BCUT2D eigenvalue weighted by molar-refractivity contribution is 6.07. The number of nitrogens with one attached hydrogen (secondary N) is 2. The van der Waals surface area contributed by atoms with Crippen LogP contribution in [-0.2, 0) is 16.6 Å². The van der Waals surface area contributed by atoms with E-state index in [0.29, 0.717) is 25.9 Å². The van der Waals surface area contributed by atoms with Crippen molar-refractivity contribution >= 4 is 17.8 Å². The molecular weight excluding hydrogens is 348 g/mol. The predicted octanol–water partition coefficient (Wildman–Crippen LogP) is 0.148. The molecule has 3 fully saturated rings. The van der Waals surface area contributed by atoms with Crippen molar-refractivity contribution in [2.24, 2.45) is 7.05 Å². The predicted molar refractivity (Wildman–Crippen MR) is 96.6 cm³/mol. The second kappa shape index (κ2) is 6.95. The minimum absolute atomic E-state index is 0.0579. The fraction of sp³-hybridized carbons (Fsp3) is 0.667. The number of nitrogens with zero attached hydrogens (tertiary/aromatic N) is 4. The lowest BCUT2D eigenvalue weighted by molar-refractivity contribution is -0.136. The Morgan fingerprint density at radius 2 is 2.11 bits per heavy atom. The number of aryl methyl sites for hydroxylation is 1. The molecule has 1 atom stereocenters. The number of hydrogen-bond donors (Lipinski definition) is 2. The molecule has 2 saturated heterocycles. The van der Waals surface area contributed by atoms with Gasteiger partial charge in [-0.05, 0) is 12.8 Å². The number of hydrogen-bond acceptors (Lipinski definition) is 5. The van der Waals surface area contributed by atoms with Crippen LogP contribution >= 0.6 is 0 Å². The van der Waals surface area contributed by atoms with Gasteiger partial charge in [-0.25, -0.2) is 9.78 Å². The summed E-state index contributed by atoms with van der Waals surface area (Å²) in [6.45, 7) is 2.07. The summed E-state index contributed by atoms with van der Waals surface area (Å²) in [5.74, 6) is 0.603. The average molecular weight is 374 g/mol. The number of aromatic nitrogens is 2. The lowest BCUT2D eigenvalue weighted by Gasteiger charge is -2.36. The molecule has 1 aromatic rings. The molecule has 1 saturated carbocycles. The summed E-state index contributed by atoms with van der Waals surface area (Å²) in [6, 6.07) is -0.508. The van der Waals surface area contributed by atoms with Gasteiger partial charge in [-0.1, -0.05) is 12.8 Å². The zero-order valence-corrected chi connectivity index (χ0v) is 15.6. The van der Waals surface area contributed by atoms with E-state index in [1.165, 1.54) is 4.90 Å². The molecule has 3 heterocycles. The third kappa shape index (κ3) is 3.09. The summed E-state index contributed by atoms with van der Waals surface area (Å²) in [5, 5.41) is 6.16. The Balaban J connectivity index is 1.42. The van der Waals surface area contributed by atoms with Gasteiger partial charge >= 0.3 is 6.03 Å². The molecule has 1 aliphatic carbocycles. The lowest BCUT2D eigenvalue weighted by atomic mass is 9.98. The number of rotatable bonds is 4. The first-order valence-corrected chi connectivity index (χ1v) is 9.63. The monoisotopic (exact) mass is 374 g/mol. The van der Waals surface area contributed by atoms with Crippen molar-refractivity contribution < 1.29 is 14.4 Å². The molecule has 2 aliphatic heterocycles. The molecule has 2 N–H and O–H groups in total. The number of piperazine rings is 1. The van der Waals surface area contributed by atoms with E-state index in [1.54, 1.807) is 6.20 Å². The molecule has 4 amide bonds. The highest BCUT2D eigenvalue weighted by Crippen LogP contribution is 2.35. The number of carbonyl (C=O) groups excluding carboxylic acids is 3. The fourth-order valence-electron chi connectivity index (χ4n) is 4.48. The average Bonchev–Trinajstić information content (AvgIpc) is 3.36. The Bertz CT molecular complexity index is 754. The maximum Gasteiger partial charge on any atom is 0.325 e. The van der Waals surface area contributed by atoms with Crippen LogP contribution in [-0.4, -0.2) is 68.9 Å². The summed E-state index contributed by atoms with van der Waals surface area (Å²) in [5.41, 5.74) is -0.718. The highest BCUT2D eigenvalue weighted by Gasteiger charge is 2.52. The van der Waals surface area contributed by atoms with Crippen molar-refractivity contribution in [1.82, 2.24) is 30.0 Å². The van der Waals surface area contributed by atoms with Crippen molar-refractivity contribution in [1.29, 1.82) is 0 Å². The van der Waals surface area contributed by atoms with Gasteiger partial charge in [0.05, 0.1) is 0 Å². The largest absolute Gasteiger partial charge is 0.336 e. The van der Waals surface area contributed by atoms with Gasteiger partial charge in [-0.3, -0.25) is 14.5 Å². The van der Waals surface area contributed by atoms with Crippen molar-refractivity contribution in [3.63, 3.8) is 0 Å². The number of amides is 4. The van der Waals surface area contributed by atoms with E-state index in [-0.39, 0.29) is 36.9 Å². The molecule has 146 valence electrons. The zero-order valence-electron chi connectivity index (χ0n) is 15.6. The number of imide groups is 1. The summed E-state index contributed by atoms with van der Waals surface area (Å²) in [4.78, 5) is 45.3. The third-order valence-corrected chi connectivity index (χ3v) is 5.97. The Hall–Kier alpha value is -2.42. The number of imidazole rings is 1. The van der Waals surface area contributed by atoms with Crippen LogP contribution < -0.4 is 10.6 Å². The van der Waals surface area contributed by atoms with Crippen LogP contribution in [0.1, 0.15) is 44.0 Å². The van der Waals surface area contributed by atoms with Crippen LogP contribution in [0.5, 0.6) is 0 Å². The zero-order chi connectivity index (χ0) is 19.0. The van der Waals surface area contributed by atoms with Gasteiger partial charge in [-0.15, -0.1) is 0 Å². The van der Waals surface area contributed by atoms with Crippen LogP contribution in [0.3, 0.4) is 0 Å². The molecular formula is C18H26N6O3. The van der Waals surface area contributed by atoms with Crippen LogP contribution in [0.25, 0.3) is 0 Å². The van der Waals surface area contributed by atoms with Crippen LogP contribution in [0.15, 0.2) is 12.4 Å². The molecule has 3 aliphatic rings. The van der Waals surface area contributed by atoms with Crippen LogP contribution in [0.2, 0.25) is 0 Å². The van der Waals surface area contributed by atoms with Gasteiger partial charge in [0, 0.05) is 52.0 Å². The van der Waals surface area contributed by atoms with Crippen molar-refractivity contribution in [3.05, 3.63) is 18.2 Å². The van der Waals surface area contributed by atoms with Crippen molar-refractivity contribution in [3.8, 4) is 0 Å². The molecule has 1 aromatic heterocycles. The second-order valence-corrected chi connectivity index (χ2v) is 7.63. The summed E-state index contributed by atoms with van der Waals surface area (Å²) >= 11 is 0. The minimum Gasteiger partial charge on any atom is -0.336 e. The highest BCUT2D eigenvalue weighted by atomic mass is 16.2. The molecule has 9 nitrogen and oxygen atoms in total.